The molecule has 10 heteroatoms. The molecule has 3 aromatic rings. The number of aromatic nitrogens is 4. The Bertz CT molecular complexity index is 992. The van der Waals surface area contributed by atoms with Crippen LogP contribution in [0.2, 0.25) is 0 Å². The van der Waals surface area contributed by atoms with Crippen LogP contribution in [-0.2, 0) is 10.5 Å². The van der Waals surface area contributed by atoms with E-state index < -0.39 is 36.7 Å². The maximum Gasteiger partial charge on any atom is 0.278 e. The lowest BCUT2D eigenvalue weighted by Gasteiger charge is -2.19. The molecule has 2 aromatic heterocycles. The molecule has 0 saturated carbocycles. The van der Waals surface area contributed by atoms with Crippen LogP contribution in [0.15, 0.2) is 46.6 Å². The number of hydrogen-bond donors (Lipinski definition) is 4. The zero-order valence-corrected chi connectivity index (χ0v) is 14.9. The van der Waals surface area contributed by atoms with Crippen LogP contribution in [0.1, 0.15) is 11.8 Å². The van der Waals surface area contributed by atoms with Crippen molar-refractivity contribution in [2.45, 2.75) is 35.4 Å². The van der Waals surface area contributed by atoms with Crippen molar-refractivity contribution in [3.05, 3.63) is 52.6 Å². The molecule has 0 spiro atoms. The Balaban J connectivity index is 1.76. The zero-order chi connectivity index (χ0) is 19.0. The summed E-state index contributed by atoms with van der Waals surface area (Å²) in [5.41, 5.74) is 1.01. The highest BCUT2D eigenvalue weighted by Gasteiger charge is 2.45. The van der Waals surface area contributed by atoms with Gasteiger partial charge in [0.15, 0.2) is 22.5 Å². The summed E-state index contributed by atoms with van der Waals surface area (Å²) in [5.74, 6) is 0.580. The lowest BCUT2D eigenvalue weighted by molar-refractivity contribution is -0.0548. The number of ether oxygens (including phenoxy) is 1. The molecule has 1 aliphatic rings. The third-order valence-corrected chi connectivity index (χ3v) is 5.46. The number of nitrogens with zero attached hydrogens (tertiary/aromatic N) is 3. The van der Waals surface area contributed by atoms with Gasteiger partial charge in [0.1, 0.15) is 18.3 Å². The van der Waals surface area contributed by atoms with Crippen LogP contribution in [0.3, 0.4) is 0 Å². The first-order valence-corrected chi connectivity index (χ1v) is 9.33. The Hall–Kier alpha value is -2.24. The van der Waals surface area contributed by atoms with Crippen molar-refractivity contribution >= 4 is 22.9 Å². The van der Waals surface area contributed by atoms with Crippen molar-refractivity contribution in [3.63, 3.8) is 0 Å². The number of hydrogen-bond acceptors (Lipinski definition) is 8. The third kappa shape index (κ3) is 3.26. The second-order valence-electron chi connectivity index (χ2n) is 6.17. The number of aliphatic hydroxyl groups is 3. The van der Waals surface area contributed by atoms with Gasteiger partial charge in [0, 0.05) is 5.75 Å². The summed E-state index contributed by atoms with van der Waals surface area (Å²) in [6.07, 6.45) is -3.26. The Morgan fingerprint density at radius 3 is 2.70 bits per heavy atom. The van der Waals surface area contributed by atoms with E-state index in [0.29, 0.717) is 10.9 Å². The van der Waals surface area contributed by atoms with Crippen LogP contribution in [0.25, 0.3) is 11.2 Å². The van der Waals surface area contributed by atoms with Gasteiger partial charge in [0.05, 0.1) is 12.9 Å². The molecule has 27 heavy (non-hydrogen) atoms. The first kappa shape index (κ1) is 18.1. The summed E-state index contributed by atoms with van der Waals surface area (Å²) in [6, 6.07) is 9.72. The second kappa shape index (κ2) is 7.41. The van der Waals surface area contributed by atoms with Crippen LogP contribution >= 0.6 is 11.8 Å². The van der Waals surface area contributed by atoms with E-state index in [1.54, 1.807) is 0 Å². The molecule has 4 atom stereocenters. The van der Waals surface area contributed by atoms with Gasteiger partial charge < -0.3 is 25.0 Å². The minimum atomic E-state index is -1.29. The molecule has 1 fully saturated rings. The maximum atomic E-state index is 12.1. The first-order valence-electron chi connectivity index (χ1n) is 8.35. The van der Waals surface area contributed by atoms with E-state index in [9.17, 15) is 20.1 Å². The van der Waals surface area contributed by atoms with E-state index in [2.05, 4.69) is 15.0 Å². The lowest BCUT2D eigenvalue weighted by Crippen LogP contribution is -2.33. The Labute approximate surface area is 157 Å². The zero-order valence-electron chi connectivity index (χ0n) is 14.1. The van der Waals surface area contributed by atoms with Crippen LogP contribution in [-0.4, -0.2) is 59.8 Å². The van der Waals surface area contributed by atoms with Gasteiger partial charge in [-0.05, 0) is 5.56 Å². The molecule has 9 nitrogen and oxygen atoms in total. The number of nitrogens with one attached hydrogen (secondary N) is 1. The lowest BCUT2D eigenvalue weighted by atomic mass is 10.1. The van der Waals surface area contributed by atoms with Crippen molar-refractivity contribution in [2.24, 2.45) is 0 Å². The molecular formula is C17H18N4O5S. The van der Waals surface area contributed by atoms with E-state index >= 15 is 0 Å². The quantitative estimate of drug-likeness (QED) is 0.448. The number of fused-ring (bicyclic) bond motifs is 1. The van der Waals surface area contributed by atoms with Crippen LogP contribution in [0.5, 0.6) is 0 Å². The number of aliphatic hydroxyl groups excluding tert-OH is 3. The first-order chi connectivity index (χ1) is 13.1. The summed E-state index contributed by atoms with van der Waals surface area (Å²) in [7, 11) is 0. The van der Waals surface area contributed by atoms with Gasteiger partial charge >= 0.3 is 0 Å². The van der Waals surface area contributed by atoms with E-state index in [1.165, 1.54) is 22.7 Å². The second-order valence-corrected chi connectivity index (χ2v) is 7.11. The largest absolute Gasteiger partial charge is 0.394 e. The molecule has 3 heterocycles. The molecule has 142 valence electrons. The minimum Gasteiger partial charge on any atom is -0.394 e. The highest BCUT2D eigenvalue weighted by molar-refractivity contribution is 7.98. The Morgan fingerprint density at radius 2 is 2.00 bits per heavy atom. The summed E-state index contributed by atoms with van der Waals surface area (Å²) in [4.78, 5) is 23.1. The fourth-order valence-electron chi connectivity index (χ4n) is 3.05. The fourth-order valence-corrected chi connectivity index (χ4v) is 4.02. The molecule has 1 aliphatic heterocycles. The van der Waals surface area contributed by atoms with Crippen molar-refractivity contribution in [2.75, 3.05) is 6.61 Å². The van der Waals surface area contributed by atoms with Crippen molar-refractivity contribution in [3.8, 4) is 0 Å². The standard InChI is InChI=1S/C17H18N4O5S/c22-6-10-12(23)13(24)16(26-10)21-14-11(15(25)19-8-18-14)20-17(21)27-7-9-4-2-1-3-5-9/h1-5,8,10,12-13,16,22-24H,6-7H2,(H,18,19,25)/t10-,12+,13+,16+/m0/s1. The molecular weight excluding hydrogens is 372 g/mol. The van der Waals surface area contributed by atoms with E-state index in [0.717, 1.165) is 5.56 Å². The summed E-state index contributed by atoms with van der Waals surface area (Å²) in [5, 5.41) is 30.3. The molecule has 1 saturated heterocycles. The topological polar surface area (TPSA) is 133 Å². The fraction of sp³-hybridized carbons (Fsp3) is 0.353. The highest BCUT2D eigenvalue weighted by atomic mass is 32.2. The van der Waals surface area contributed by atoms with E-state index in [1.807, 2.05) is 30.3 Å². The Morgan fingerprint density at radius 1 is 1.22 bits per heavy atom. The number of rotatable bonds is 5. The van der Waals surface area contributed by atoms with Gasteiger partial charge in [-0.3, -0.25) is 9.36 Å². The number of thioether (sulfide) groups is 1. The van der Waals surface area contributed by atoms with E-state index in [4.69, 9.17) is 4.74 Å². The summed E-state index contributed by atoms with van der Waals surface area (Å²) >= 11 is 1.36. The van der Waals surface area contributed by atoms with Crippen LogP contribution in [0, 0.1) is 0 Å². The predicted octanol–water partition coefficient (Wildman–Crippen LogP) is 0.0234. The molecule has 0 unspecified atom stereocenters. The molecule has 4 rings (SSSR count). The molecule has 0 bridgehead atoms. The van der Waals surface area contributed by atoms with Crippen molar-refractivity contribution < 1.29 is 20.1 Å². The van der Waals surface area contributed by atoms with Gasteiger partial charge in [-0.25, -0.2) is 9.97 Å². The SMILES string of the molecule is O=c1[nH]cnc2c1nc(SCc1ccccc1)n2[C@@H]1O[C@@H](CO)[C@@H](O)[C@H]1O. The van der Waals surface area contributed by atoms with Gasteiger partial charge in [0.2, 0.25) is 0 Å². The van der Waals surface area contributed by atoms with E-state index in [-0.39, 0.29) is 11.2 Å². The number of imidazole rings is 1. The van der Waals surface area contributed by atoms with Gasteiger partial charge in [-0.2, -0.15) is 0 Å². The van der Waals surface area contributed by atoms with Crippen LogP contribution < -0.4 is 5.56 Å². The maximum absolute atomic E-state index is 12.1. The van der Waals surface area contributed by atoms with Gasteiger partial charge in [-0.15, -0.1) is 0 Å². The normalized spacial score (nSPS) is 25.3. The smallest absolute Gasteiger partial charge is 0.278 e. The highest BCUT2D eigenvalue weighted by Crippen LogP contribution is 2.35. The van der Waals surface area contributed by atoms with Crippen molar-refractivity contribution in [1.82, 2.24) is 19.5 Å². The molecule has 1 aromatic carbocycles. The molecule has 0 radical (unpaired) electrons. The average molecular weight is 390 g/mol. The minimum absolute atomic E-state index is 0.116. The van der Waals surface area contributed by atoms with Gasteiger partial charge in [0.25, 0.3) is 5.56 Å². The number of aromatic amines is 1. The van der Waals surface area contributed by atoms with Gasteiger partial charge in [-0.1, -0.05) is 42.1 Å². The number of H-pyrrole nitrogens is 1. The predicted molar refractivity (Wildman–Crippen MR) is 97.2 cm³/mol. The molecule has 4 N–H and O–H groups in total. The molecule has 0 amide bonds. The Kier molecular flexibility index (Phi) is 4.98. The third-order valence-electron chi connectivity index (χ3n) is 4.43. The summed E-state index contributed by atoms with van der Waals surface area (Å²) < 4.78 is 7.13. The number of benzene rings is 1. The van der Waals surface area contributed by atoms with Crippen molar-refractivity contribution in [1.29, 1.82) is 0 Å². The van der Waals surface area contributed by atoms with Crippen LogP contribution in [0.4, 0.5) is 0 Å². The monoisotopic (exact) mass is 390 g/mol. The average Bonchev–Trinajstić information content (AvgIpc) is 3.19. The molecule has 0 aliphatic carbocycles. The summed E-state index contributed by atoms with van der Waals surface area (Å²) in [6.45, 7) is -0.443.